The fourth-order valence-electron chi connectivity index (χ4n) is 3.75. The molecule has 0 radical (unpaired) electrons. The minimum Gasteiger partial charge on any atom is -0.354 e. The summed E-state index contributed by atoms with van der Waals surface area (Å²) in [5.74, 6) is 0.432. The van der Waals surface area contributed by atoms with Crippen molar-refractivity contribution in [1.82, 2.24) is 10.2 Å². The second-order valence-corrected chi connectivity index (χ2v) is 11.1. The minimum absolute atomic E-state index is 0.115. The van der Waals surface area contributed by atoms with Crippen LogP contribution < -0.4 is 5.32 Å². The van der Waals surface area contributed by atoms with Crippen LogP contribution in [0.3, 0.4) is 0 Å². The van der Waals surface area contributed by atoms with Crippen molar-refractivity contribution in [3.05, 3.63) is 104 Å². The third kappa shape index (κ3) is 8.55. The zero-order valence-corrected chi connectivity index (χ0v) is 24.0. The number of hydrogen-bond acceptors (Lipinski definition) is 3. The van der Waals surface area contributed by atoms with E-state index in [-0.39, 0.29) is 17.6 Å². The van der Waals surface area contributed by atoms with Gasteiger partial charge < -0.3 is 10.2 Å². The molecule has 190 valence electrons. The second-order valence-electron chi connectivity index (χ2n) is 8.34. The molecule has 0 aliphatic rings. The lowest BCUT2D eigenvalue weighted by atomic mass is 10.0. The minimum atomic E-state index is -0.644. The number of thioether (sulfide) groups is 1. The Hall–Kier alpha value is -1.99. The molecule has 2 amide bonds. The summed E-state index contributed by atoms with van der Waals surface area (Å²) in [6, 6.07) is 22.3. The van der Waals surface area contributed by atoms with E-state index in [0.717, 1.165) is 27.6 Å². The lowest BCUT2D eigenvalue weighted by molar-refractivity contribution is -0.139. The number of nitrogens with zero attached hydrogens (tertiary/aromatic N) is 1. The molecule has 3 rings (SSSR count). The van der Waals surface area contributed by atoms with E-state index in [1.54, 1.807) is 23.1 Å². The number of hydrogen-bond donors (Lipinski definition) is 1. The fourth-order valence-corrected chi connectivity index (χ4v) is 5.84. The molecule has 36 heavy (non-hydrogen) atoms. The Bertz CT molecular complexity index is 1140. The topological polar surface area (TPSA) is 49.4 Å². The van der Waals surface area contributed by atoms with Crippen LogP contribution in [0.2, 0.25) is 10.0 Å². The Kier molecular flexibility index (Phi) is 11.6. The van der Waals surface area contributed by atoms with Gasteiger partial charge in [0.25, 0.3) is 0 Å². The van der Waals surface area contributed by atoms with E-state index in [1.165, 1.54) is 11.8 Å². The summed E-state index contributed by atoms with van der Waals surface area (Å²) in [7, 11) is 0. The molecule has 0 aromatic heterocycles. The van der Waals surface area contributed by atoms with Crippen LogP contribution in [0, 0.1) is 0 Å². The van der Waals surface area contributed by atoms with Gasteiger partial charge in [-0.2, -0.15) is 0 Å². The van der Waals surface area contributed by atoms with Crippen molar-refractivity contribution in [2.75, 3.05) is 12.3 Å². The van der Waals surface area contributed by atoms with Gasteiger partial charge in [0.2, 0.25) is 11.8 Å². The number of carbonyl (C=O) groups excluding carboxylic acids is 2. The van der Waals surface area contributed by atoms with E-state index in [1.807, 2.05) is 61.5 Å². The second kappa shape index (κ2) is 14.7. The molecule has 1 atom stereocenters. The third-order valence-corrected chi connectivity index (χ3v) is 7.74. The van der Waals surface area contributed by atoms with E-state index >= 15 is 0 Å². The predicted octanol–water partition coefficient (Wildman–Crippen LogP) is 7.16. The van der Waals surface area contributed by atoms with Crippen LogP contribution in [0.1, 0.15) is 30.0 Å². The highest BCUT2D eigenvalue weighted by molar-refractivity contribution is 9.10. The number of carbonyl (C=O) groups is 2. The molecule has 0 saturated carbocycles. The van der Waals surface area contributed by atoms with Gasteiger partial charge in [0.1, 0.15) is 6.04 Å². The Morgan fingerprint density at radius 1 is 0.972 bits per heavy atom. The summed E-state index contributed by atoms with van der Waals surface area (Å²) in [6.07, 6.45) is 1.25. The van der Waals surface area contributed by atoms with E-state index in [4.69, 9.17) is 23.2 Å². The van der Waals surface area contributed by atoms with Crippen LogP contribution in [-0.4, -0.2) is 35.1 Å². The molecule has 1 unspecified atom stereocenters. The summed E-state index contributed by atoms with van der Waals surface area (Å²) in [6.45, 7) is 2.89. The van der Waals surface area contributed by atoms with Crippen molar-refractivity contribution in [1.29, 1.82) is 0 Å². The molecule has 0 heterocycles. The van der Waals surface area contributed by atoms with Gasteiger partial charge in [-0.1, -0.05) is 94.6 Å². The maximum atomic E-state index is 13.6. The normalized spacial score (nSPS) is 11.7. The highest BCUT2D eigenvalue weighted by Crippen LogP contribution is 2.28. The van der Waals surface area contributed by atoms with Crippen LogP contribution >= 0.6 is 50.9 Å². The summed E-state index contributed by atoms with van der Waals surface area (Å²) in [5, 5.41) is 4.15. The zero-order valence-electron chi connectivity index (χ0n) is 20.1. The number of amides is 2. The first-order valence-corrected chi connectivity index (χ1v) is 14.5. The fraction of sp³-hybridized carbons (Fsp3) is 0.286. The van der Waals surface area contributed by atoms with Crippen LogP contribution in [0.15, 0.2) is 77.3 Å². The monoisotopic (exact) mass is 606 g/mol. The molecule has 0 aliphatic heterocycles. The summed E-state index contributed by atoms with van der Waals surface area (Å²) in [5.41, 5.74) is 2.74. The molecule has 8 heteroatoms. The molecule has 4 nitrogen and oxygen atoms in total. The van der Waals surface area contributed by atoms with E-state index < -0.39 is 6.04 Å². The van der Waals surface area contributed by atoms with Crippen molar-refractivity contribution in [3.8, 4) is 0 Å². The molecular weight excluding hydrogens is 579 g/mol. The molecular formula is C28H29BrCl2N2O2S. The average Bonchev–Trinajstić information content (AvgIpc) is 2.87. The molecule has 0 aliphatic carbocycles. The van der Waals surface area contributed by atoms with Crippen LogP contribution in [0.5, 0.6) is 0 Å². The van der Waals surface area contributed by atoms with Crippen molar-refractivity contribution in [2.24, 2.45) is 0 Å². The quantitative estimate of drug-likeness (QED) is 0.238. The van der Waals surface area contributed by atoms with Gasteiger partial charge in [-0.15, -0.1) is 11.8 Å². The number of halogens is 3. The van der Waals surface area contributed by atoms with Gasteiger partial charge in [0.05, 0.1) is 5.75 Å². The van der Waals surface area contributed by atoms with E-state index in [0.29, 0.717) is 35.3 Å². The van der Waals surface area contributed by atoms with Crippen LogP contribution in [-0.2, 0) is 28.3 Å². The van der Waals surface area contributed by atoms with Gasteiger partial charge >= 0.3 is 0 Å². The molecule has 3 aromatic carbocycles. The SMILES string of the molecule is CCCNC(=O)C(Cc1ccccc1)N(Cc1cccc(Br)c1)C(=O)CSCc1c(Cl)cccc1Cl. The molecule has 0 spiro atoms. The van der Waals surface area contributed by atoms with Crippen LogP contribution in [0.4, 0.5) is 0 Å². The van der Waals surface area contributed by atoms with E-state index in [2.05, 4.69) is 21.2 Å². The van der Waals surface area contributed by atoms with Gasteiger partial charge in [0.15, 0.2) is 0 Å². The molecule has 3 aromatic rings. The van der Waals surface area contributed by atoms with Gasteiger partial charge in [-0.3, -0.25) is 9.59 Å². The highest BCUT2D eigenvalue weighted by Gasteiger charge is 2.30. The van der Waals surface area contributed by atoms with Crippen molar-refractivity contribution < 1.29 is 9.59 Å². The standard InChI is InChI=1S/C28H29BrCl2N2O2S/c1-2-14-32-28(35)26(16-20-8-4-3-5-9-20)33(17-21-10-6-11-22(29)15-21)27(34)19-36-18-23-24(30)12-7-13-25(23)31/h3-13,15,26H,2,14,16-19H2,1H3,(H,32,35). The predicted molar refractivity (Wildman–Crippen MR) is 155 cm³/mol. The number of nitrogens with one attached hydrogen (secondary N) is 1. The first-order chi connectivity index (χ1) is 17.4. The van der Waals surface area contributed by atoms with Gasteiger partial charge in [0, 0.05) is 39.8 Å². The summed E-state index contributed by atoms with van der Waals surface area (Å²) >= 11 is 17.6. The molecule has 0 saturated heterocycles. The van der Waals surface area contributed by atoms with Crippen LogP contribution in [0.25, 0.3) is 0 Å². The Labute approximate surface area is 235 Å². The Morgan fingerprint density at radius 3 is 2.31 bits per heavy atom. The average molecular weight is 608 g/mol. The Balaban J connectivity index is 1.85. The van der Waals surface area contributed by atoms with E-state index in [9.17, 15) is 9.59 Å². The first-order valence-electron chi connectivity index (χ1n) is 11.7. The smallest absolute Gasteiger partial charge is 0.243 e. The third-order valence-electron chi connectivity index (χ3n) is 5.60. The molecule has 0 bridgehead atoms. The lowest BCUT2D eigenvalue weighted by Gasteiger charge is -2.31. The number of rotatable bonds is 12. The van der Waals surface area contributed by atoms with Gasteiger partial charge in [-0.05, 0) is 47.4 Å². The summed E-state index contributed by atoms with van der Waals surface area (Å²) < 4.78 is 0.921. The van der Waals surface area contributed by atoms with Crippen molar-refractivity contribution in [3.63, 3.8) is 0 Å². The lowest BCUT2D eigenvalue weighted by Crippen LogP contribution is -2.51. The highest BCUT2D eigenvalue weighted by atomic mass is 79.9. The molecule has 0 fully saturated rings. The van der Waals surface area contributed by atoms with Crippen molar-refractivity contribution >= 4 is 62.7 Å². The van der Waals surface area contributed by atoms with Crippen molar-refractivity contribution in [2.45, 2.75) is 38.1 Å². The maximum absolute atomic E-state index is 13.6. The number of benzene rings is 3. The zero-order chi connectivity index (χ0) is 25.9. The largest absolute Gasteiger partial charge is 0.354 e. The first kappa shape index (κ1) is 28.6. The maximum Gasteiger partial charge on any atom is 0.243 e. The van der Waals surface area contributed by atoms with Gasteiger partial charge in [-0.25, -0.2) is 0 Å². The molecule has 1 N–H and O–H groups in total. The summed E-state index contributed by atoms with van der Waals surface area (Å²) in [4.78, 5) is 28.7. The Morgan fingerprint density at radius 2 is 1.64 bits per heavy atom.